The number of methoxy groups -OCH3 is 1. The van der Waals surface area contributed by atoms with Crippen molar-refractivity contribution in [1.82, 2.24) is 14.7 Å². The molecular formula is C28H36FN3O4. The van der Waals surface area contributed by atoms with Crippen molar-refractivity contribution in [1.29, 1.82) is 0 Å². The van der Waals surface area contributed by atoms with Crippen molar-refractivity contribution in [2.45, 2.75) is 32.4 Å². The second-order valence-corrected chi connectivity index (χ2v) is 8.81. The lowest BCUT2D eigenvalue weighted by atomic mass is 10.1. The summed E-state index contributed by atoms with van der Waals surface area (Å²) in [5.41, 5.74) is 2.47. The molecule has 194 valence electrons. The van der Waals surface area contributed by atoms with Crippen LogP contribution in [-0.2, 0) is 16.0 Å². The molecule has 0 aliphatic heterocycles. The zero-order chi connectivity index (χ0) is 25.9. The molecule has 1 N–H and O–H groups in total. The molecule has 2 aromatic carbocycles. The van der Waals surface area contributed by atoms with Crippen molar-refractivity contribution in [2.24, 2.45) is 0 Å². The van der Waals surface area contributed by atoms with Crippen molar-refractivity contribution in [2.75, 3.05) is 40.0 Å². The first-order valence-corrected chi connectivity index (χ1v) is 12.1. The molecule has 1 atom stereocenters. The summed E-state index contributed by atoms with van der Waals surface area (Å²) in [6, 6.07) is 15.9. The van der Waals surface area contributed by atoms with Crippen molar-refractivity contribution in [3.05, 3.63) is 84.3 Å². The Morgan fingerprint density at radius 2 is 1.86 bits per heavy atom. The molecule has 0 radical (unpaired) electrons. The Morgan fingerprint density at radius 3 is 2.53 bits per heavy atom. The molecule has 8 heteroatoms. The Bertz CT molecular complexity index is 1090. The lowest BCUT2D eigenvalue weighted by molar-refractivity contribution is 0.0192. The van der Waals surface area contributed by atoms with Crippen LogP contribution in [0, 0.1) is 5.82 Å². The average Bonchev–Trinajstić information content (AvgIpc) is 3.22. The van der Waals surface area contributed by atoms with Crippen LogP contribution in [0.25, 0.3) is 5.69 Å². The number of aliphatic hydroxyl groups excluding tert-OH is 1. The second-order valence-electron chi connectivity index (χ2n) is 8.81. The minimum absolute atomic E-state index is 0.0815. The molecule has 3 rings (SSSR count). The zero-order valence-corrected chi connectivity index (χ0v) is 21.3. The van der Waals surface area contributed by atoms with Gasteiger partial charge in [-0.25, -0.2) is 9.07 Å². The zero-order valence-electron chi connectivity index (χ0n) is 21.3. The normalized spacial score (nSPS) is 12.3. The Morgan fingerprint density at radius 1 is 1.14 bits per heavy atom. The van der Waals surface area contributed by atoms with Crippen molar-refractivity contribution < 1.29 is 23.7 Å². The van der Waals surface area contributed by atoms with E-state index in [9.17, 15) is 9.50 Å². The first-order valence-electron chi connectivity index (χ1n) is 12.1. The highest BCUT2D eigenvalue weighted by atomic mass is 19.1. The number of benzene rings is 2. The summed E-state index contributed by atoms with van der Waals surface area (Å²) < 4.78 is 33.3. The summed E-state index contributed by atoms with van der Waals surface area (Å²) in [5.74, 6) is 0.182. The average molecular weight is 498 g/mol. The van der Waals surface area contributed by atoms with Crippen LogP contribution in [0.1, 0.15) is 31.0 Å². The minimum Gasteiger partial charge on any atom is -0.435 e. The van der Waals surface area contributed by atoms with Crippen LogP contribution in [-0.4, -0.2) is 65.9 Å². The van der Waals surface area contributed by atoms with Crippen LogP contribution in [0.5, 0.6) is 11.6 Å². The van der Waals surface area contributed by atoms with Gasteiger partial charge in [-0.05, 0) is 30.2 Å². The van der Waals surface area contributed by atoms with Crippen LogP contribution in [0.4, 0.5) is 4.39 Å². The summed E-state index contributed by atoms with van der Waals surface area (Å²) >= 11 is 0. The minimum atomic E-state index is -0.704. The number of aromatic nitrogens is 2. The lowest BCUT2D eigenvalue weighted by Crippen LogP contribution is -2.36. The van der Waals surface area contributed by atoms with Gasteiger partial charge in [0.15, 0.2) is 11.6 Å². The third-order valence-electron chi connectivity index (χ3n) is 5.57. The number of para-hydroxylation sites is 2. The number of hydrogen-bond donors (Lipinski definition) is 1. The maximum absolute atomic E-state index is 14.6. The maximum Gasteiger partial charge on any atom is 0.227 e. The van der Waals surface area contributed by atoms with E-state index in [1.807, 2.05) is 30.3 Å². The smallest absolute Gasteiger partial charge is 0.227 e. The summed E-state index contributed by atoms with van der Waals surface area (Å²) in [4.78, 5) is 2.07. The molecule has 1 heterocycles. The standard InChI is InChI=1S/C28H36FN3O4/c1-5-16-35-20-23(33)18-31(15-17-34-4)19-24-27(21(2)3)30-32(22-11-7-6-8-12-22)28(24)36-26-14-10-9-13-25(26)29/h5-14,21,23,33H,1,15-20H2,2-4H3. The predicted molar refractivity (Wildman–Crippen MR) is 138 cm³/mol. The molecule has 7 nitrogen and oxygen atoms in total. The van der Waals surface area contributed by atoms with Crippen LogP contribution in [0.2, 0.25) is 0 Å². The SMILES string of the molecule is C=CCOCC(O)CN(CCOC)Cc1c(C(C)C)nn(-c2ccccc2)c1Oc1ccccc1F. The molecular weight excluding hydrogens is 461 g/mol. The largest absolute Gasteiger partial charge is 0.435 e. The third kappa shape index (κ3) is 7.48. The van der Waals surface area contributed by atoms with E-state index < -0.39 is 11.9 Å². The molecule has 0 bridgehead atoms. The van der Waals surface area contributed by atoms with Gasteiger partial charge in [-0.15, -0.1) is 6.58 Å². The number of ether oxygens (including phenoxy) is 3. The van der Waals surface area contributed by atoms with Gasteiger partial charge in [-0.3, -0.25) is 4.90 Å². The maximum atomic E-state index is 14.6. The second kappa shape index (κ2) is 13.9. The number of halogens is 1. The molecule has 1 aromatic heterocycles. The van der Waals surface area contributed by atoms with Gasteiger partial charge in [-0.1, -0.05) is 50.3 Å². The number of aliphatic hydroxyl groups is 1. The van der Waals surface area contributed by atoms with E-state index in [0.29, 0.717) is 38.7 Å². The van der Waals surface area contributed by atoms with Gasteiger partial charge < -0.3 is 19.3 Å². The summed E-state index contributed by atoms with van der Waals surface area (Å²) in [6.07, 6.45) is 0.943. The fourth-order valence-electron chi connectivity index (χ4n) is 3.86. The van der Waals surface area contributed by atoms with E-state index in [1.165, 1.54) is 6.07 Å². The summed E-state index contributed by atoms with van der Waals surface area (Å²) in [5, 5.41) is 15.5. The highest BCUT2D eigenvalue weighted by Gasteiger charge is 2.26. The lowest BCUT2D eigenvalue weighted by Gasteiger charge is -2.25. The van der Waals surface area contributed by atoms with Crippen molar-refractivity contribution in [3.63, 3.8) is 0 Å². The molecule has 0 fully saturated rings. The molecule has 3 aromatic rings. The molecule has 0 spiro atoms. The molecule has 0 saturated heterocycles. The van der Waals surface area contributed by atoms with E-state index in [2.05, 4.69) is 25.3 Å². The van der Waals surface area contributed by atoms with Gasteiger partial charge in [0, 0.05) is 26.7 Å². The molecule has 0 aliphatic rings. The third-order valence-corrected chi connectivity index (χ3v) is 5.57. The summed E-state index contributed by atoms with van der Waals surface area (Å²) in [6.45, 7) is 10.1. The van der Waals surface area contributed by atoms with Crippen molar-refractivity contribution >= 4 is 0 Å². The van der Waals surface area contributed by atoms with Crippen molar-refractivity contribution in [3.8, 4) is 17.3 Å². The van der Waals surface area contributed by atoms with Gasteiger partial charge in [0.05, 0.1) is 42.9 Å². The van der Waals surface area contributed by atoms with Gasteiger partial charge in [0.2, 0.25) is 5.88 Å². The number of nitrogens with zero attached hydrogens (tertiary/aromatic N) is 3. The predicted octanol–water partition coefficient (Wildman–Crippen LogP) is 4.94. The quantitative estimate of drug-likeness (QED) is 0.237. The van der Waals surface area contributed by atoms with E-state index in [1.54, 1.807) is 36.1 Å². The Kier molecular flexibility index (Phi) is 10.6. The number of hydrogen-bond acceptors (Lipinski definition) is 6. The van der Waals surface area contributed by atoms with E-state index in [4.69, 9.17) is 19.3 Å². The van der Waals surface area contributed by atoms with Gasteiger partial charge >= 0.3 is 0 Å². The van der Waals surface area contributed by atoms with Gasteiger partial charge in [-0.2, -0.15) is 5.10 Å². The van der Waals surface area contributed by atoms with Gasteiger partial charge in [0.1, 0.15) is 0 Å². The van der Waals surface area contributed by atoms with Crippen LogP contribution in [0.15, 0.2) is 67.3 Å². The van der Waals surface area contributed by atoms with E-state index >= 15 is 0 Å². The number of rotatable bonds is 15. The van der Waals surface area contributed by atoms with Crippen LogP contribution >= 0.6 is 0 Å². The van der Waals surface area contributed by atoms with Gasteiger partial charge in [0.25, 0.3) is 0 Å². The molecule has 1 unspecified atom stereocenters. The van der Waals surface area contributed by atoms with E-state index in [0.717, 1.165) is 16.9 Å². The molecule has 0 saturated carbocycles. The fourth-order valence-corrected chi connectivity index (χ4v) is 3.86. The Balaban J connectivity index is 2.02. The topological polar surface area (TPSA) is 69.0 Å². The Labute approximate surface area is 212 Å². The van der Waals surface area contributed by atoms with Crippen LogP contribution in [0.3, 0.4) is 0 Å². The monoisotopic (exact) mass is 497 g/mol. The molecule has 0 aliphatic carbocycles. The molecule has 36 heavy (non-hydrogen) atoms. The Hall–Kier alpha value is -3.04. The first kappa shape index (κ1) is 27.5. The van der Waals surface area contributed by atoms with E-state index in [-0.39, 0.29) is 18.3 Å². The highest BCUT2D eigenvalue weighted by Crippen LogP contribution is 2.35. The fraction of sp³-hybridized carbons (Fsp3) is 0.393. The highest BCUT2D eigenvalue weighted by molar-refractivity contribution is 5.44. The van der Waals surface area contributed by atoms with Crippen LogP contribution < -0.4 is 4.74 Å². The molecule has 0 amide bonds. The first-order chi connectivity index (χ1) is 17.4. The summed E-state index contributed by atoms with van der Waals surface area (Å²) in [7, 11) is 1.64.